The highest BCUT2D eigenvalue weighted by Crippen LogP contribution is 2.46. The Morgan fingerprint density at radius 3 is 2.64 bits per heavy atom. The largest absolute Gasteiger partial charge is 0.249 e. The number of halogens is 1. The molecule has 2 fully saturated rings. The van der Waals surface area contributed by atoms with Gasteiger partial charge in [0, 0.05) is 6.54 Å². The van der Waals surface area contributed by atoms with Gasteiger partial charge in [0.2, 0.25) is 10.0 Å². The SMILES string of the molecule is CC1(S(=O)(=O)N2CCC[C@H]2CF)CC1. The van der Waals surface area contributed by atoms with Crippen LogP contribution in [-0.2, 0) is 10.0 Å². The lowest BCUT2D eigenvalue weighted by molar-refractivity contribution is 0.308. The van der Waals surface area contributed by atoms with Crippen LogP contribution in [0.2, 0.25) is 0 Å². The average molecular weight is 221 g/mol. The van der Waals surface area contributed by atoms with Crippen molar-refractivity contribution in [2.75, 3.05) is 13.2 Å². The van der Waals surface area contributed by atoms with E-state index in [-0.39, 0.29) is 0 Å². The van der Waals surface area contributed by atoms with Gasteiger partial charge in [-0.15, -0.1) is 0 Å². The molecule has 1 saturated heterocycles. The summed E-state index contributed by atoms with van der Waals surface area (Å²) in [5.41, 5.74) is 0. The molecule has 1 heterocycles. The molecule has 1 aliphatic carbocycles. The maximum Gasteiger partial charge on any atom is 0.219 e. The molecule has 1 atom stereocenters. The smallest absolute Gasteiger partial charge is 0.219 e. The van der Waals surface area contributed by atoms with E-state index in [4.69, 9.17) is 0 Å². The van der Waals surface area contributed by atoms with E-state index >= 15 is 0 Å². The normalized spacial score (nSPS) is 32.0. The lowest BCUT2D eigenvalue weighted by Crippen LogP contribution is -2.42. The molecule has 1 saturated carbocycles. The van der Waals surface area contributed by atoms with Gasteiger partial charge in [0.05, 0.1) is 10.8 Å². The number of alkyl halides is 1. The zero-order valence-electron chi connectivity index (χ0n) is 8.37. The van der Waals surface area contributed by atoms with Crippen molar-refractivity contribution < 1.29 is 12.8 Å². The Balaban J connectivity index is 2.22. The molecule has 14 heavy (non-hydrogen) atoms. The molecule has 0 aromatic carbocycles. The molecule has 2 aliphatic rings. The summed E-state index contributed by atoms with van der Waals surface area (Å²) in [4.78, 5) is 0. The summed E-state index contributed by atoms with van der Waals surface area (Å²) in [7, 11) is -3.23. The molecule has 0 bridgehead atoms. The highest BCUT2D eigenvalue weighted by atomic mass is 32.2. The summed E-state index contributed by atoms with van der Waals surface area (Å²) in [6.07, 6.45) is 2.92. The third kappa shape index (κ3) is 1.37. The minimum atomic E-state index is -3.23. The fourth-order valence-corrected chi connectivity index (χ4v) is 4.10. The van der Waals surface area contributed by atoms with Crippen LogP contribution < -0.4 is 0 Å². The van der Waals surface area contributed by atoms with Crippen molar-refractivity contribution in [3.05, 3.63) is 0 Å². The van der Waals surface area contributed by atoms with Crippen molar-refractivity contribution in [3.8, 4) is 0 Å². The monoisotopic (exact) mass is 221 g/mol. The van der Waals surface area contributed by atoms with E-state index in [1.807, 2.05) is 0 Å². The van der Waals surface area contributed by atoms with E-state index in [9.17, 15) is 12.8 Å². The van der Waals surface area contributed by atoms with E-state index in [0.29, 0.717) is 13.0 Å². The quantitative estimate of drug-likeness (QED) is 0.720. The van der Waals surface area contributed by atoms with Crippen LogP contribution in [0.25, 0.3) is 0 Å². The molecule has 0 amide bonds. The summed E-state index contributed by atoms with van der Waals surface area (Å²) in [5.74, 6) is 0. The molecule has 3 nitrogen and oxygen atoms in total. The number of rotatable bonds is 3. The summed E-state index contributed by atoms with van der Waals surface area (Å²) in [6, 6.07) is -0.391. The van der Waals surface area contributed by atoms with Crippen molar-refractivity contribution in [2.24, 2.45) is 0 Å². The highest BCUT2D eigenvalue weighted by molar-refractivity contribution is 7.90. The first-order valence-corrected chi connectivity index (χ1v) is 6.53. The van der Waals surface area contributed by atoms with Gasteiger partial charge in [0.15, 0.2) is 0 Å². The topological polar surface area (TPSA) is 37.4 Å². The molecule has 2 rings (SSSR count). The Morgan fingerprint density at radius 2 is 2.14 bits per heavy atom. The minimum Gasteiger partial charge on any atom is -0.249 e. The van der Waals surface area contributed by atoms with Gasteiger partial charge in [-0.05, 0) is 32.6 Å². The molecular formula is C9H16FNO2S. The first-order valence-electron chi connectivity index (χ1n) is 5.09. The molecule has 0 aromatic rings. The van der Waals surface area contributed by atoms with Crippen LogP contribution in [0.4, 0.5) is 4.39 Å². The van der Waals surface area contributed by atoms with E-state index < -0.39 is 27.5 Å². The Labute approximate surface area is 84.3 Å². The van der Waals surface area contributed by atoms with Gasteiger partial charge >= 0.3 is 0 Å². The van der Waals surface area contributed by atoms with Crippen LogP contribution >= 0.6 is 0 Å². The van der Waals surface area contributed by atoms with Crippen LogP contribution in [0.1, 0.15) is 32.6 Å². The first-order chi connectivity index (χ1) is 6.51. The van der Waals surface area contributed by atoms with Gasteiger partial charge in [-0.1, -0.05) is 0 Å². The lowest BCUT2D eigenvalue weighted by Gasteiger charge is -2.25. The van der Waals surface area contributed by atoms with E-state index in [1.54, 1.807) is 6.92 Å². The van der Waals surface area contributed by atoms with Gasteiger partial charge in [-0.3, -0.25) is 0 Å². The second kappa shape index (κ2) is 3.17. The van der Waals surface area contributed by atoms with Gasteiger partial charge in [-0.25, -0.2) is 12.8 Å². The Morgan fingerprint density at radius 1 is 1.50 bits per heavy atom. The van der Waals surface area contributed by atoms with Gasteiger partial charge < -0.3 is 0 Å². The second-order valence-corrected chi connectivity index (χ2v) is 6.92. The van der Waals surface area contributed by atoms with Crippen molar-refractivity contribution in [1.29, 1.82) is 0 Å². The van der Waals surface area contributed by atoms with Crippen molar-refractivity contribution in [2.45, 2.75) is 43.4 Å². The number of nitrogens with zero attached hydrogens (tertiary/aromatic N) is 1. The molecule has 1 aliphatic heterocycles. The summed E-state index contributed by atoms with van der Waals surface area (Å²) >= 11 is 0. The molecule has 5 heteroatoms. The van der Waals surface area contributed by atoms with Gasteiger partial charge in [0.1, 0.15) is 6.67 Å². The Kier molecular flexibility index (Phi) is 2.34. The molecule has 0 N–H and O–H groups in total. The zero-order valence-corrected chi connectivity index (χ0v) is 9.19. The summed E-state index contributed by atoms with van der Waals surface area (Å²) < 4.78 is 37.5. The highest BCUT2D eigenvalue weighted by Gasteiger charge is 2.54. The maximum atomic E-state index is 12.6. The predicted molar refractivity (Wildman–Crippen MR) is 52.3 cm³/mol. The second-order valence-electron chi connectivity index (χ2n) is 4.52. The van der Waals surface area contributed by atoms with Crippen LogP contribution in [-0.4, -0.2) is 36.7 Å². The molecule has 0 unspecified atom stereocenters. The molecule has 0 aromatic heterocycles. The third-order valence-electron chi connectivity index (χ3n) is 3.39. The van der Waals surface area contributed by atoms with Crippen molar-refractivity contribution >= 4 is 10.0 Å². The van der Waals surface area contributed by atoms with Crippen molar-refractivity contribution in [3.63, 3.8) is 0 Å². The first kappa shape index (κ1) is 10.4. The standard InChI is InChI=1S/C9H16FNO2S/c1-9(4-5-9)14(12,13)11-6-2-3-8(11)7-10/h8H,2-7H2,1H3/t8-/m0/s1. The van der Waals surface area contributed by atoms with Crippen LogP contribution in [0, 0.1) is 0 Å². The van der Waals surface area contributed by atoms with E-state index in [0.717, 1.165) is 19.3 Å². The molecule has 82 valence electrons. The van der Waals surface area contributed by atoms with Crippen LogP contribution in [0.5, 0.6) is 0 Å². The van der Waals surface area contributed by atoms with E-state index in [2.05, 4.69) is 0 Å². The molecule has 0 spiro atoms. The molecule has 0 radical (unpaired) electrons. The molecular weight excluding hydrogens is 205 g/mol. The summed E-state index contributed by atoms with van der Waals surface area (Å²) in [6.45, 7) is 1.72. The van der Waals surface area contributed by atoms with Crippen molar-refractivity contribution in [1.82, 2.24) is 4.31 Å². The average Bonchev–Trinajstić information content (AvgIpc) is 2.73. The maximum absolute atomic E-state index is 12.6. The fourth-order valence-electron chi connectivity index (χ4n) is 2.00. The number of hydrogen-bond acceptors (Lipinski definition) is 2. The van der Waals surface area contributed by atoms with Gasteiger partial charge in [0.25, 0.3) is 0 Å². The van der Waals surface area contributed by atoms with Gasteiger partial charge in [-0.2, -0.15) is 4.31 Å². The lowest BCUT2D eigenvalue weighted by atomic mass is 10.2. The van der Waals surface area contributed by atoms with E-state index in [1.165, 1.54) is 4.31 Å². The minimum absolute atomic E-state index is 0.391. The summed E-state index contributed by atoms with van der Waals surface area (Å²) in [5, 5.41) is 0. The van der Waals surface area contributed by atoms with Crippen LogP contribution in [0.3, 0.4) is 0 Å². The Hall–Kier alpha value is -0.160. The fraction of sp³-hybridized carbons (Fsp3) is 1.00. The number of hydrogen-bond donors (Lipinski definition) is 0. The third-order valence-corrected chi connectivity index (χ3v) is 6.14. The number of sulfonamides is 1. The Bertz CT molecular complexity index is 324. The predicted octanol–water partition coefficient (Wildman–Crippen LogP) is 1.30. The van der Waals surface area contributed by atoms with Crippen LogP contribution in [0.15, 0.2) is 0 Å². The zero-order chi connectivity index (χ0) is 10.4.